The van der Waals surface area contributed by atoms with Gasteiger partial charge in [0.15, 0.2) is 0 Å². The number of nitrogens with one attached hydrogen (secondary N) is 2. The SMILES string of the molecule is CN[C@@]12C(=O)N(c3ccc(C#N)c4ccccc34)C(=O)C1C1(C)CCC2(CC(=O)Nc2ccccc2O)O1. The van der Waals surface area contributed by atoms with Crippen LogP contribution in [0.3, 0.4) is 0 Å². The van der Waals surface area contributed by atoms with Crippen molar-refractivity contribution in [2.24, 2.45) is 5.92 Å². The van der Waals surface area contributed by atoms with Crippen molar-refractivity contribution in [3.8, 4) is 11.8 Å². The molecular formula is C29H26N4O5. The largest absolute Gasteiger partial charge is 0.506 e. The molecular weight excluding hydrogens is 484 g/mol. The van der Waals surface area contributed by atoms with Crippen LogP contribution in [0.15, 0.2) is 60.7 Å². The molecule has 6 rings (SSSR count). The van der Waals surface area contributed by atoms with Gasteiger partial charge in [0.2, 0.25) is 11.8 Å². The van der Waals surface area contributed by atoms with Gasteiger partial charge in [0.05, 0.1) is 40.9 Å². The molecule has 3 saturated heterocycles. The van der Waals surface area contributed by atoms with E-state index >= 15 is 0 Å². The highest BCUT2D eigenvalue weighted by molar-refractivity contribution is 6.29. The van der Waals surface area contributed by atoms with E-state index in [4.69, 9.17) is 4.74 Å². The maximum Gasteiger partial charge on any atom is 0.258 e. The van der Waals surface area contributed by atoms with Gasteiger partial charge in [0.25, 0.3) is 5.91 Å². The second kappa shape index (κ2) is 8.12. The fraction of sp³-hybridized carbons (Fsp3) is 0.310. The average Bonchev–Trinajstić information content (AvgIpc) is 3.45. The zero-order valence-corrected chi connectivity index (χ0v) is 20.9. The molecule has 0 radical (unpaired) electrons. The lowest BCUT2D eigenvalue weighted by molar-refractivity contribution is -0.137. The summed E-state index contributed by atoms with van der Waals surface area (Å²) in [5.41, 5.74) is -2.61. The van der Waals surface area contributed by atoms with Gasteiger partial charge >= 0.3 is 0 Å². The first-order valence-corrected chi connectivity index (χ1v) is 12.5. The third-order valence-electron chi connectivity index (χ3n) is 8.50. The van der Waals surface area contributed by atoms with Crippen LogP contribution >= 0.6 is 0 Å². The Kier molecular flexibility index (Phi) is 5.15. The average molecular weight is 511 g/mol. The Morgan fingerprint density at radius 3 is 2.53 bits per heavy atom. The zero-order valence-electron chi connectivity index (χ0n) is 20.9. The molecule has 3 unspecified atom stereocenters. The maximum atomic E-state index is 14.4. The summed E-state index contributed by atoms with van der Waals surface area (Å²) >= 11 is 0. The molecule has 9 heteroatoms. The highest BCUT2D eigenvalue weighted by Crippen LogP contribution is 2.64. The molecule has 9 nitrogen and oxygen atoms in total. The van der Waals surface area contributed by atoms with Crippen LogP contribution in [-0.2, 0) is 19.1 Å². The van der Waals surface area contributed by atoms with Crippen LogP contribution in [0.5, 0.6) is 5.75 Å². The topological polar surface area (TPSA) is 132 Å². The molecule has 3 heterocycles. The number of ether oxygens (including phenoxy) is 1. The summed E-state index contributed by atoms with van der Waals surface area (Å²) in [7, 11) is 1.62. The minimum atomic E-state index is -1.47. The first kappa shape index (κ1) is 24.1. The van der Waals surface area contributed by atoms with Crippen LogP contribution in [0.25, 0.3) is 10.8 Å². The van der Waals surface area contributed by atoms with Crippen molar-refractivity contribution in [1.82, 2.24) is 5.32 Å². The molecule has 3 fully saturated rings. The summed E-state index contributed by atoms with van der Waals surface area (Å²) in [6, 6.07) is 19.0. The van der Waals surface area contributed by atoms with Crippen molar-refractivity contribution in [3.05, 3.63) is 66.2 Å². The Morgan fingerprint density at radius 1 is 1.11 bits per heavy atom. The van der Waals surface area contributed by atoms with E-state index in [0.717, 1.165) is 0 Å². The van der Waals surface area contributed by atoms with Gasteiger partial charge in [-0.2, -0.15) is 5.26 Å². The Bertz CT molecular complexity index is 1580. The highest BCUT2D eigenvalue weighted by atomic mass is 16.5. The fourth-order valence-electron chi connectivity index (χ4n) is 6.95. The number of hydrogen-bond acceptors (Lipinski definition) is 7. The lowest BCUT2D eigenvalue weighted by Gasteiger charge is -2.42. The highest BCUT2D eigenvalue weighted by Gasteiger charge is 2.82. The molecule has 0 aliphatic carbocycles. The summed E-state index contributed by atoms with van der Waals surface area (Å²) in [5, 5.41) is 26.8. The molecule has 4 atom stereocenters. The van der Waals surface area contributed by atoms with Gasteiger partial charge in [-0.1, -0.05) is 36.4 Å². The predicted molar refractivity (Wildman–Crippen MR) is 139 cm³/mol. The van der Waals surface area contributed by atoms with E-state index in [-0.39, 0.29) is 17.9 Å². The smallest absolute Gasteiger partial charge is 0.258 e. The number of likely N-dealkylation sites (N-methyl/N-ethyl adjacent to an activating group) is 1. The molecule has 3 aromatic rings. The van der Waals surface area contributed by atoms with E-state index in [1.807, 2.05) is 6.92 Å². The zero-order chi connectivity index (χ0) is 26.9. The number of nitriles is 1. The molecule has 3 aliphatic rings. The number of nitrogens with zero attached hydrogens (tertiary/aromatic N) is 2. The quantitative estimate of drug-likeness (QED) is 0.355. The molecule has 0 spiro atoms. The number of amides is 3. The van der Waals surface area contributed by atoms with Gasteiger partial charge in [-0.3, -0.25) is 14.4 Å². The molecule has 3 amide bonds. The van der Waals surface area contributed by atoms with Crippen LogP contribution < -0.4 is 15.5 Å². The van der Waals surface area contributed by atoms with E-state index < -0.39 is 40.4 Å². The number of rotatable bonds is 5. The summed E-state index contributed by atoms with van der Waals surface area (Å²) in [6.45, 7) is 1.82. The van der Waals surface area contributed by atoms with Gasteiger partial charge in [0.1, 0.15) is 16.9 Å². The van der Waals surface area contributed by atoms with Crippen LogP contribution in [0.1, 0.15) is 31.7 Å². The standard InChI is InChI=1S/C29H26N4O5/c1-27-13-14-28(38-27,15-23(35)32-20-9-5-6-10-22(20)34)29(31-2)24(27)25(36)33(26(29)37)21-12-11-17(16-30)18-7-3-4-8-19(18)21/h3-12,24,31,34H,13-15H2,1-2H3,(H,32,35)/t24?,27?,28?,29-/m1/s1. The lowest BCUT2D eigenvalue weighted by Crippen LogP contribution is -2.68. The summed E-state index contributed by atoms with van der Waals surface area (Å²) in [6.07, 6.45) is 0.719. The summed E-state index contributed by atoms with van der Waals surface area (Å²) < 4.78 is 6.50. The first-order valence-electron chi connectivity index (χ1n) is 12.5. The van der Waals surface area contributed by atoms with Crippen molar-refractivity contribution < 1.29 is 24.2 Å². The Balaban J connectivity index is 1.44. The lowest BCUT2D eigenvalue weighted by atomic mass is 9.62. The maximum absolute atomic E-state index is 14.4. The van der Waals surface area contributed by atoms with E-state index in [0.29, 0.717) is 34.9 Å². The molecule has 3 aromatic carbocycles. The van der Waals surface area contributed by atoms with Crippen LogP contribution in [0.4, 0.5) is 11.4 Å². The number of phenols is 1. The van der Waals surface area contributed by atoms with Crippen LogP contribution in [0.2, 0.25) is 0 Å². The molecule has 2 bridgehead atoms. The number of imide groups is 1. The van der Waals surface area contributed by atoms with E-state index in [1.165, 1.54) is 11.0 Å². The molecule has 38 heavy (non-hydrogen) atoms. The van der Waals surface area contributed by atoms with Gasteiger partial charge < -0.3 is 20.5 Å². The Morgan fingerprint density at radius 2 is 1.82 bits per heavy atom. The van der Waals surface area contributed by atoms with E-state index in [1.54, 1.807) is 61.6 Å². The van der Waals surface area contributed by atoms with Gasteiger partial charge in [-0.05, 0) is 51.1 Å². The number of hydrogen-bond donors (Lipinski definition) is 3. The molecule has 3 aliphatic heterocycles. The van der Waals surface area contributed by atoms with Gasteiger partial charge in [-0.15, -0.1) is 0 Å². The van der Waals surface area contributed by atoms with Gasteiger partial charge in [-0.25, -0.2) is 4.90 Å². The van der Waals surface area contributed by atoms with Crippen molar-refractivity contribution in [3.63, 3.8) is 0 Å². The minimum absolute atomic E-state index is 0.0749. The van der Waals surface area contributed by atoms with Crippen molar-refractivity contribution in [2.45, 2.75) is 42.9 Å². The van der Waals surface area contributed by atoms with Crippen molar-refractivity contribution >= 4 is 39.9 Å². The summed E-state index contributed by atoms with van der Waals surface area (Å²) in [5.74, 6) is -2.25. The van der Waals surface area contributed by atoms with Gasteiger partial charge in [0, 0.05) is 10.8 Å². The van der Waals surface area contributed by atoms with E-state index in [9.17, 15) is 24.8 Å². The third-order valence-corrected chi connectivity index (χ3v) is 8.50. The number of para-hydroxylation sites is 2. The number of carbonyl (C=O) groups is 3. The molecule has 0 aromatic heterocycles. The molecule has 0 saturated carbocycles. The van der Waals surface area contributed by atoms with Crippen LogP contribution in [-0.4, -0.2) is 46.6 Å². The number of aromatic hydroxyl groups is 1. The Labute approximate surface area is 219 Å². The minimum Gasteiger partial charge on any atom is -0.506 e. The molecule has 3 N–H and O–H groups in total. The number of carbonyl (C=O) groups excluding carboxylic acids is 3. The predicted octanol–water partition coefficient (Wildman–Crippen LogP) is 3.21. The number of anilines is 2. The normalized spacial score (nSPS) is 29.5. The number of fused-ring (bicyclic) bond motifs is 6. The van der Waals surface area contributed by atoms with Crippen LogP contribution in [0, 0.1) is 17.2 Å². The number of phenolic OH excluding ortho intramolecular Hbond substituents is 1. The first-order chi connectivity index (χ1) is 18.2. The third kappa shape index (κ3) is 2.96. The second-order valence-electron chi connectivity index (χ2n) is 10.4. The number of benzene rings is 3. The monoisotopic (exact) mass is 510 g/mol. The summed E-state index contributed by atoms with van der Waals surface area (Å²) in [4.78, 5) is 43.0. The second-order valence-corrected chi connectivity index (χ2v) is 10.4. The van der Waals surface area contributed by atoms with E-state index in [2.05, 4.69) is 16.7 Å². The van der Waals surface area contributed by atoms with Crippen molar-refractivity contribution in [1.29, 1.82) is 5.26 Å². The molecule has 192 valence electrons. The Hall–Kier alpha value is -4.26. The van der Waals surface area contributed by atoms with Crippen molar-refractivity contribution in [2.75, 3.05) is 17.3 Å². The fourth-order valence-corrected chi connectivity index (χ4v) is 6.95.